The van der Waals surface area contributed by atoms with Crippen molar-refractivity contribution in [3.05, 3.63) is 78.0 Å². The highest BCUT2D eigenvalue weighted by Gasteiger charge is 2.45. The van der Waals surface area contributed by atoms with Crippen molar-refractivity contribution in [1.29, 1.82) is 0 Å². The van der Waals surface area contributed by atoms with Gasteiger partial charge in [-0.2, -0.15) is 0 Å². The van der Waals surface area contributed by atoms with Gasteiger partial charge in [-0.3, -0.25) is 19.2 Å². The number of nitrogens with zero attached hydrogens (tertiary/aromatic N) is 3. The summed E-state index contributed by atoms with van der Waals surface area (Å²) in [5, 5.41) is 11.5. The van der Waals surface area contributed by atoms with E-state index < -0.39 is 35.7 Å². The van der Waals surface area contributed by atoms with Crippen LogP contribution >= 0.6 is 0 Å². The van der Waals surface area contributed by atoms with E-state index in [2.05, 4.69) is 0 Å². The second kappa shape index (κ2) is 10.8. The molecule has 1 unspecified atom stereocenters. The highest BCUT2D eigenvalue weighted by Crippen LogP contribution is 2.32. The lowest BCUT2D eigenvalue weighted by Gasteiger charge is -2.45. The summed E-state index contributed by atoms with van der Waals surface area (Å²) in [6.07, 6.45) is 1.59. The van der Waals surface area contributed by atoms with E-state index in [9.17, 15) is 29.1 Å². The fourth-order valence-corrected chi connectivity index (χ4v) is 4.13. The van der Waals surface area contributed by atoms with Crippen molar-refractivity contribution in [2.24, 2.45) is 0 Å². The Morgan fingerprint density at radius 1 is 0.971 bits per heavy atom. The third-order valence-electron chi connectivity index (χ3n) is 5.76. The second-order valence-electron chi connectivity index (χ2n) is 8.12. The van der Waals surface area contributed by atoms with Gasteiger partial charge in [0.05, 0.1) is 5.70 Å². The quantitative estimate of drug-likeness (QED) is 0.584. The first kappa shape index (κ1) is 25.4. The van der Waals surface area contributed by atoms with E-state index in [4.69, 9.17) is 0 Å². The van der Waals surface area contributed by atoms with Gasteiger partial charge in [0.15, 0.2) is 0 Å². The first-order valence-corrected chi connectivity index (χ1v) is 11.2. The molecule has 2 aromatic rings. The molecule has 0 fully saturated rings. The van der Waals surface area contributed by atoms with Crippen LogP contribution in [0.25, 0.3) is 5.70 Å². The number of ketones is 1. The van der Waals surface area contributed by atoms with Crippen LogP contribution in [0, 0.1) is 0 Å². The summed E-state index contributed by atoms with van der Waals surface area (Å²) in [7, 11) is 0. The Morgan fingerprint density at radius 2 is 1.54 bits per heavy atom. The molecule has 3 rings (SSSR count). The molecule has 35 heavy (non-hydrogen) atoms. The zero-order valence-electron chi connectivity index (χ0n) is 19.7. The number of carboxylic acids is 1. The molecule has 1 aliphatic rings. The number of aliphatic carboxylic acids is 1. The van der Waals surface area contributed by atoms with E-state index in [1.54, 1.807) is 67.6 Å². The van der Waals surface area contributed by atoms with Crippen LogP contribution in [0.5, 0.6) is 0 Å². The molecule has 0 spiro atoms. The first-order valence-electron chi connectivity index (χ1n) is 11.2. The minimum atomic E-state index is -1.72. The third kappa shape index (κ3) is 5.29. The number of hydrazine groups is 1. The maximum Gasteiger partial charge on any atom is 0.374 e. The highest BCUT2D eigenvalue weighted by atomic mass is 16.4. The lowest BCUT2D eigenvalue weighted by Crippen LogP contribution is -2.62. The molecule has 3 amide bonds. The number of rotatable bonds is 8. The number of hydrogen-bond acceptors (Lipinski definition) is 5. The fourth-order valence-electron chi connectivity index (χ4n) is 4.13. The summed E-state index contributed by atoms with van der Waals surface area (Å²) in [6.45, 7) is 4.22. The minimum absolute atomic E-state index is 0.120. The first-order chi connectivity index (χ1) is 16.7. The number of amides is 3. The molecule has 0 saturated heterocycles. The van der Waals surface area contributed by atoms with Crippen molar-refractivity contribution in [3.63, 3.8) is 0 Å². The summed E-state index contributed by atoms with van der Waals surface area (Å²) in [4.78, 5) is 65.1. The molecule has 2 atom stereocenters. The molecular weight excluding hydrogens is 450 g/mol. The van der Waals surface area contributed by atoms with Crippen LogP contribution in [-0.2, 0) is 30.4 Å². The van der Waals surface area contributed by atoms with E-state index in [0.717, 1.165) is 10.0 Å². The number of Topliss-reactive ketones (excluding diaryl/α,β-unsaturated/α-hetero) is 1. The summed E-state index contributed by atoms with van der Waals surface area (Å²) >= 11 is 0. The third-order valence-corrected chi connectivity index (χ3v) is 5.76. The molecular formula is C26H27N3O6. The van der Waals surface area contributed by atoms with Gasteiger partial charge in [-0.1, -0.05) is 67.6 Å². The van der Waals surface area contributed by atoms with E-state index in [-0.39, 0.29) is 24.4 Å². The normalized spacial score (nSPS) is 16.4. The van der Waals surface area contributed by atoms with Crippen molar-refractivity contribution >= 4 is 35.2 Å². The zero-order chi connectivity index (χ0) is 25.7. The van der Waals surface area contributed by atoms with Gasteiger partial charge in [-0.05, 0) is 12.0 Å². The number of carbonyl (C=O) groups excluding carboxylic acids is 4. The molecule has 0 aliphatic carbocycles. The van der Waals surface area contributed by atoms with Crippen molar-refractivity contribution in [1.82, 2.24) is 14.9 Å². The predicted molar refractivity (Wildman–Crippen MR) is 127 cm³/mol. The average Bonchev–Trinajstić information content (AvgIpc) is 2.84. The van der Waals surface area contributed by atoms with E-state index in [0.29, 0.717) is 11.1 Å². The molecule has 9 heteroatoms. The molecule has 1 N–H and O–H groups in total. The van der Waals surface area contributed by atoms with Crippen LogP contribution in [0.4, 0.5) is 0 Å². The molecule has 0 radical (unpaired) electrons. The summed E-state index contributed by atoms with van der Waals surface area (Å²) < 4.78 is 0. The molecule has 9 nitrogen and oxygen atoms in total. The molecule has 2 aromatic carbocycles. The van der Waals surface area contributed by atoms with Crippen LogP contribution in [0.1, 0.15) is 38.3 Å². The Balaban J connectivity index is 2.23. The molecule has 1 aliphatic heterocycles. The van der Waals surface area contributed by atoms with E-state index >= 15 is 0 Å². The minimum Gasteiger partial charge on any atom is -0.475 e. The molecule has 0 bridgehead atoms. The Morgan fingerprint density at radius 3 is 2.03 bits per heavy atom. The van der Waals surface area contributed by atoms with Gasteiger partial charge in [0.1, 0.15) is 12.1 Å². The van der Waals surface area contributed by atoms with Crippen LogP contribution in [-0.4, -0.2) is 61.6 Å². The molecule has 0 saturated carbocycles. The van der Waals surface area contributed by atoms with Crippen molar-refractivity contribution in [3.8, 4) is 0 Å². The average molecular weight is 478 g/mol. The van der Waals surface area contributed by atoms with Gasteiger partial charge >= 0.3 is 5.97 Å². The van der Waals surface area contributed by atoms with Crippen LogP contribution < -0.4 is 0 Å². The summed E-state index contributed by atoms with van der Waals surface area (Å²) in [5.74, 6) is -4.62. The van der Waals surface area contributed by atoms with Gasteiger partial charge < -0.3 is 10.0 Å². The van der Waals surface area contributed by atoms with Crippen molar-refractivity contribution < 1.29 is 29.1 Å². The van der Waals surface area contributed by atoms with Gasteiger partial charge in [0, 0.05) is 32.0 Å². The monoisotopic (exact) mass is 477 g/mol. The van der Waals surface area contributed by atoms with E-state index in [1.807, 2.05) is 0 Å². The molecule has 182 valence electrons. The van der Waals surface area contributed by atoms with Crippen LogP contribution in [0.15, 0.2) is 66.9 Å². The lowest BCUT2D eigenvalue weighted by molar-refractivity contribution is -0.170. The standard InChI is InChI=1S/C26H27N3O6/c1-4-21-25(33)29(23(16-27(21)17(2)30)20-13-9-6-10-14-20)28(18(3)31)22(24(32)26(34)35)15-19-11-7-5-8-12-19/h5-14,16,21-22H,4,15H2,1-3H3,(H,34,35)/t21?,22-/m0/s1. The molecule has 0 aromatic heterocycles. The lowest BCUT2D eigenvalue weighted by atomic mass is 10.0. The predicted octanol–water partition coefficient (Wildman–Crippen LogP) is 2.48. The van der Waals surface area contributed by atoms with E-state index in [1.165, 1.54) is 24.9 Å². The smallest absolute Gasteiger partial charge is 0.374 e. The number of carbonyl (C=O) groups is 5. The van der Waals surface area contributed by atoms with Crippen molar-refractivity contribution in [2.75, 3.05) is 0 Å². The second-order valence-corrected chi connectivity index (χ2v) is 8.12. The zero-order valence-corrected chi connectivity index (χ0v) is 19.7. The SMILES string of the molecule is CCC1C(=O)N(N(C(C)=O)[C@@H](Cc2ccccc2)C(=O)C(=O)O)C(c2ccccc2)=CN1C(C)=O. The number of carboxylic acid groups (broad SMARTS) is 1. The van der Waals surface area contributed by atoms with Gasteiger partial charge in [-0.15, -0.1) is 0 Å². The summed E-state index contributed by atoms with van der Waals surface area (Å²) in [5.41, 5.74) is 1.31. The number of benzene rings is 2. The van der Waals surface area contributed by atoms with Gasteiger partial charge in [-0.25, -0.2) is 14.8 Å². The number of hydrogen-bond donors (Lipinski definition) is 1. The fraction of sp³-hybridized carbons (Fsp3) is 0.269. The Labute approximate surface area is 203 Å². The largest absolute Gasteiger partial charge is 0.475 e. The Bertz CT molecular complexity index is 1160. The van der Waals surface area contributed by atoms with Crippen LogP contribution in [0.2, 0.25) is 0 Å². The Kier molecular flexibility index (Phi) is 7.80. The van der Waals surface area contributed by atoms with Gasteiger partial charge in [0.25, 0.3) is 11.7 Å². The van der Waals surface area contributed by atoms with Gasteiger partial charge in [0.2, 0.25) is 11.8 Å². The maximum atomic E-state index is 13.8. The molecule has 1 heterocycles. The summed E-state index contributed by atoms with van der Waals surface area (Å²) in [6, 6.07) is 14.8. The topological polar surface area (TPSA) is 115 Å². The van der Waals surface area contributed by atoms with Crippen molar-refractivity contribution in [2.45, 2.75) is 45.7 Å². The van der Waals surface area contributed by atoms with Crippen LogP contribution in [0.3, 0.4) is 0 Å². The Hall–Kier alpha value is -4.27. The maximum absolute atomic E-state index is 13.8. The highest BCUT2D eigenvalue weighted by molar-refractivity contribution is 6.35.